The number of hydrogen-bond acceptors (Lipinski definition) is 5. The zero-order chi connectivity index (χ0) is 24.4. The van der Waals surface area contributed by atoms with Crippen molar-refractivity contribution in [2.24, 2.45) is 5.41 Å². The van der Waals surface area contributed by atoms with E-state index < -0.39 is 11.7 Å². The van der Waals surface area contributed by atoms with Crippen LogP contribution in [0.3, 0.4) is 0 Å². The molecule has 178 valence electrons. The zero-order valence-corrected chi connectivity index (χ0v) is 19.1. The van der Waals surface area contributed by atoms with E-state index in [4.69, 9.17) is 10.5 Å². The SMILES string of the molecule is C[C@@H]1OCc2c1c(N)nc1ccc(C(=O)N(Cc3ccc(C(F)(F)F)cn3)[C@H]3CC3(C)C)cc21. The minimum Gasteiger partial charge on any atom is -0.383 e. The Morgan fingerprint density at radius 3 is 2.62 bits per heavy atom. The quantitative estimate of drug-likeness (QED) is 0.562. The van der Waals surface area contributed by atoms with Crippen molar-refractivity contribution in [3.63, 3.8) is 0 Å². The summed E-state index contributed by atoms with van der Waals surface area (Å²) >= 11 is 0. The number of nitrogens with two attached hydrogens (primary N) is 1. The number of benzene rings is 1. The number of hydrogen-bond donors (Lipinski definition) is 1. The van der Waals surface area contributed by atoms with E-state index in [2.05, 4.69) is 23.8 Å². The average Bonchev–Trinajstić information content (AvgIpc) is 3.22. The van der Waals surface area contributed by atoms with E-state index in [0.717, 1.165) is 35.2 Å². The van der Waals surface area contributed by atoms with Gasteiger partial charge in [0.05, 0.1) is 36.0 Å². The van der Waals surface area contributed by atoms with E-state index in [9.17, 15) is 18.0 Å². The van der Waals surface area contributed by atoms with Crippen LogP contribution in [0.1, 0.15) is 66.0 Å². The predicted molar refractivity (Wildman–Crippen MR) is 121 cm³/mol. The fraction of sp³-hybridized carbons (Fsp3) is 0.400. The highest BCUT2D eigenvalue weighted by Gasteiger charge is 2.51. The fourth-order valence-corrected chi connectivity index (χ4v) is 4.72. The standard InChI is InChI=1S/C25H25F3N4O2/c1-13-21-18(12-34-13)17-8-14(4-7-19(17)31-22(21)29)23(33)32(20-9-24(20,2)3)11-16-6-5-15(10-30-16)25(26,27)28/h4-8,10,13,20H,9,11-12H2,1-3H3,(H2,29,31)/t13-,20-/m0/s1. The van der Waals surface area contributed by atoms with E-state index in [0.29, 0.717) is 29.2 Å². The number of fused-ring (bicyclic) bond motifs is 3. The number of anilines is 1. The molecule has 0 saturated heterocycles. The number of carbonyl (C=O) groups excluding carboxylic acids is 1. The van der Waals surface area contributed by atoms with Crippen LogP contribution in [0.15, 0.2) is 36.5 Å². The lowest BCUT2D eigenvalue weighted by atomic mass is 10.00. The molecule has 1 aromatic carbocycles. The Bertz CT molecular complexity index is 1290. The maximum atomic E-state index is 13.7. The minimum atomic E-state index is -4.45. The largest absolute Gasteiger partial charge is 0.417 e. The van der Waals surface area contributed by atoms with Crippen LogP contribution in [0.5, 0.6) is 0 Å². The zero-order valence-electron chi connectivity index (χ0n) is 19.1. The number of carbonyl (C=O) groups is 1. The van der Waals surface area contributed by atoms with Crippen molar-refractivity contribution in [3.8, 4) is 0 Å². The molecule has 0 radical (unpaired) electrons. The second-order valence-electron chi connectivity index (χ2n) is 9.75. The van der Waals surface area contributed by atoms with Gasteiger partial charge in [-0.25, -0.2) is 4.98 Å². The summed E-state index contributed by atoms with van der Waals surface area (Å²) in [4.78, 5) is 23.8. The van der Waals surface area contributed by atoms with Gasteiger partial charge in [-0.3, -0.25) is 9.78 Å². The van der Waals surface area contributed by atoms with Crippen LogP contribution in [0.25, 0.3) is 10.9 Å². The maximum absolute atomic E-state index is 13.7. The highest BCUT2D eigenvalue weighted by atomic mass is 19.4. The van der Waals surface area contributed by atoms with E-state index in [1.165, 1.54) is 6.07 Å². The minimum absolute atomic E-state index is 0.0293. The molecule has 0 unspecified atom stereocenters. The molecule has 0 bridgehead atoms. The summed E-state index contributed by atoms with van der Waals surface area (Å²) in [6, 6.07) is 7.60. The third kappa shape index (κ3) is 3.87. The summed E-state index contributed by atoms with van der Waals surface area (Å²) in [6.45, 7) is 6.57. The summed E-state index contributed by atoms with van der Waals surface area (Å²) in [7, 11) is 0. The molecular formula is C25H25F3N4O2. The Morgan fingerprint density at radius 1 is 1.26 bits per heavy atom. The summed E-state index contributed by atoms with van der Waals surface area (Å²) in [5.41, 5.74) is 8.61. The van der Waals surface area contributed by atoms with Crippen LogP contribution in [0.2, 0.25) is 0 Å². The molecule has 1 aliphatic heterocycles. The van der Waals surface area contributed by atoms with Crippen LogP contribution >= 0.6 is 0 Å². The van der Waals surface area contributed by atoms with Crippen molar-refractivity contribution >= 4 is 22.6 Å². The maximum Gasteiger partial charge on any atom is 0.417 e. The number of halogens is 3. The van der Waals surface area contributed by atoms with Crippen LogP contribution in [-0.4, -0.2) is 26.8 Å². The molecule has 2 atom stereocenters. The smallest absolute Gasteiger partial charge is 0.383 e. The number of amides is 1. The summed E-state index contributed by atoms with van der Waals surface area (Å²) in [5.74, 6) is 0.234. The first kappa shape index (κ1) is 22.6. The van der Waals surface area contributed by atoms with Gasteiger partial charge in [0.2, 0.25) is 0 Å². The Labute approximate surface area is 194 Å². The van der Waals surface area contributed by atoms with Crippen LogP contribution in [0, 0.1) is 5.41 Å². The Balaban J connectivity index is 1.49. The first-order valence-electron chi connectivity index (χ1n) is 11.1. The van der Waals surface area contributed by atoms with Crippen molar-refractivity contribution in [1.29, 1.82) is 0 Å². The van der Waals surface area contributed by atoms with Crippen LogP contribution < -0.4 is 5.73 Å². The molecule has 9 heteroatoms. The highest BCUT2D eigenvalue weighted by molar-refractivity contribution is 5.99. The number of aromatic nitrogens is 2. The summed E-state index contributed by atoms with van der Waals surface area (Å²) < 4.78 is 44.5. The van der Waals surface area contributed by atoms with Gasteiger partial charge in [-0.05, 0) is 54.7 Å². The summed E-state index contributed by atoms with van der Waals surface area (Å²) in [5, 5.41) is 0.821. The number of pyridine rings is 2. The van der Waals surface area contributed by atoms with Gasteiger partial charge >= 0.3 is 6.18 Å². The van der Waals surface area contributed by atoms with E-state index in [1.54, 1.807) is 17.0 Å². The lowest BCUT2D eigenvalue weighted by Crippen LogP contribution is -2.35. The average molecular weight is 470 g/mol. The van der Waals surface area contributed by atoms with Gasteiger partial charge in [-0.2, -0.15) is 13.2 Å². The highest BCUT2D eigenvalue weighted by Crippen LogP contribution is 2.49. The molecule has 2 aliphatic rings. The second-order valence-corrected chi connectivity index (χ2v) is 9.75. The number of rotatable bonds is 4. The molecule has 3 heterocycles. The first-order chi connectivity index (χ1) is 16.0. The normalized spacial score (nSPS) is 20.9. The van der Waals surface area contributed by atoms with Crippen molar-refractivity contribution in [2.75, 3.05) is 5.73 Å². The number of ether oxygens (including phenoxy) is 1. The molecule has 1 saturated carbocycles. The first-order valence-corrected chi connectivity index (χ1v) is 11.1. The molecule has 1 fully saturated rings. The third-order valence-electron chi connectivity index (χ3n) is 6.88. The Morgan fingerprint density at radius 2 is 2.00 bits per heavy atom. The van der Waals surface area contributed by atoms with E-state index in [1.807, 2.05) is 13.0 Å². The van der Waals surface area contributed by atoms with Crippen molar-refractivity contribution in [2.45, 2.75) is 58.7 Å². The van der Waals surface area contributed by atoms with E-state index >= 15 is 0 Å². The molecule has 1 amide bonds. The van der Waals surface area contributed by atoms with Gasteiger partial charge in [0.1, 0.15) is 5.82 Å². The summed E-state index contributed by atoms with van der Waals surface area (Å²) in [6.07, 6.45) is -3.00. The third-order valence-corrected chi connectivity index (χ3v) is 6.88. The van der Waals surface area contributed by atoms with Crippen molar-refractivity contribution < 1.29 is 22.7 Å². The second kappa shape index (κ2) is 7.66. The van der Waals surface area contributed by atoms with Gasteiger partial charge in [0.15, 0.2) is 0 Å². The lowest BCUT2D eigenvalue weighted by molar-refractivity contribution is -0.137. The van der Waals surface area contributed by atoms with Gasteiger partial charge in [-0.15, -0.1) is 0 Å². The van der Waals surface area contributed by atoms with Crippen molar-refractivity contribution in [1.82, 2.24) is 14.9 Å². The molecule has 2 N–H and O–H groups in total. The number of nitrogen functional groups attached to an aromatic ring is 1. The van der Waals surface area contributed by atoms with Gasteiger partial charge < -0.3 is 15.4 Å². The van der Waals surface area contributed by atoms with Gasteiger partial charge in [0, 0.05) is 28.8 Å². The lowest BCUT2D eigenvalue weighted by Gasteiger charge is -2.25. The molecule has 5 rings (SSSR count). The molecular weight excluding hydrogens is 445 g/mol. The molecule has 0 spiro atoms. The fourth-order valence-electron chi connectivity index (χ4n) is 4.72. The monoisotopic (exact) mass is 470 g/mol. The Kier molecular flexibility index (Phi) is 5.09. The van der Waals surface area contributed by atoms with Crippen LogP contribution in [0.4, 0.5) is 19.0 Å². The van der Waals surface area contributed by atoms with E-state index in [-0.39, 0.29) is 30.0 Å². The van der Waals surface area contributed by atoms with Crippen molar-refractivity contribution in [3.05, 3.63) is 64.5 Å². The van der Waals surface area contributed by atoms with Gasteiger partial charge in [0.25, 0.3) is 5.91 Å². The number of nitrogens with zero attached hydrogens (tertiary/aromatic N) is 3. The molecule has 3 aromatic rings. The molecule has 1 aliphatic carbocycles. The van der Waals surface area contributed by atoms with Gasteiger partial charge in [-0.1, -0.05) is 13.8 Å². The topological polar surface area (TPSA) is 81.3 Å². The molecule has 34 heavy (non-hydrogen) atoms. The number of alkyl halides is 3. The molecule has 2 aromatic heterocycles. The molecule has 6 nitrogen and oxygen atoms in total. The van der Waals surface area contributed by atoms with Crippen LogP contribution in [-0.2, 0) is 24.1 Å². The predicted octanol–water partition coefficient (Wildman–Crippen LogP) is 5.26. The Hall–Kier alpha value is -3.20.